The number of halogens is 1. The van der Waals surface area contributed by atoms with E-state index in [-0.39, 0.29) is 5.75 Å². The van der Waals surface area contributed by atoms with Crippen molar-refractivity contribution in [3.8, 4) is 5.75 Å². The third-order valence-electron chi connectivity index (χ3n) is 3.58. The highest BCUT2D eigenvalue weighted by Crippen LogP contribution is 2.29. The Morgan fingerprint density at radius 3 is 2.88 bits per heavy atom. The first-order valence-electron chi connectivity index (χ1n) is 6.33. The van der Waals surface area contributed by atoms with Gasteiger partial charge in [0.05, 0.1) is 5.02 Å². The molecule has 1 fully saturated rings. The normalized spacial score (nSPS) is 24.1. The molecule has 1 aliphatic rings. The fourth-order valence-electron chi connectivity index (χ4n) is 2.59. The van der Waals surface area contributed by atoms with Crippen LogP contribution in [-0.2, 0) is 6.54 Å². The van der Waals surface area contributed by atoms with Crippen LogP contribution in [0, 0.1) is 11.8 Å². The van der Waals surface area contributed by atoms with Crippen molar-refractivity contribution in [2.24, 2.45) is 11.8 Å². The standard InChI is InChI=1S/C14H20ClNO/c1-10-2-3-11(6-10)8-16-9-12-4-5-14(17)13(15)7-12/h4-5,7,10-11,16-17H,2-3,6,8-9H2,1H3. The minimum Gasteiger partial charge on any atom is -0.506 e. The van der Waals surface area contributed by atoms with Gasteiger partial charge in [-0.1, -0.05) is 31.0 Å². The van der Waals surface area contributed by atoms with Crippen LogP contribution >= 0.6 is 11.6 Å². The minimum absolute atomic E-state index is 0.153. The average Bonchev–Trinajstić information content (AvgIpc) is 2.70. The van der Waals surface area contributed by atoms with Crippen molar-refractivity contribution in [2.75, 3.05) is 6.54 Å². The number of phenolic OH excluding ortho intramolecular Hbond substituents is 1. The maximum absolute atomic E-state index is 9.32. The van der Waals surface area contributed by atoms with E-state index in [0.29, 0.717) is 5.02 Å². The van der Waals surface area contributed by atoms with Gasteiger partial charge in [0.15, 0.2) is 0 Å². The lowest BCUT2D eigenvalue weighted by molar-refractivity contribution is 0.468. The molecule has 1 aromatic carbocycles. The Labute approximate surface area is 108 Å². The Hall–Kier alpha value is -0.730. The SMILES string of the molecule is CC1CCC(CNCc2ccc(O)c(Cl)c2)C1. The second-order valence-corrected chi connectivity index (χ2v) is 5.61. The van der Waals surface area contributed by atoms with Crippen molar-refractivity contribution in [1.29, 1.82) is 0 Å². The summed E-state index contributed by atoms with van der Waals surface area (Å²) in [5.74, 6) is 1.88. The molecule has 0 heterocycles. The summed E-state index contributed by atoms with van der Waals surface area (Å²) in [5.41, 5.74) is 1.12. The lowest BCUT2D eigenvalue weighted by atomic mass is 10.1. The summed E-state index contributed by atoms with van der Waals surface area (Å²) < 4.78 is 0. The van der Waals surface area contributed by atoms with Gasteiger partial charge < -0.3 is 10.4 Å². The van der Waals surface area contributed by atoms with Gasteiger partial charge in [0.1, 0.15) is 5.75 Å². The molecule has 94 valence electrons. The number of benzene rings is 1. The molecule has 3 heteroatoms. The first kappa shape index (κ1) is 12.7. The molecule has 0 radical (unpaired) electrons. The molecule has 0 bridgehead atoms. The van der Waals surface area contributed by atoms with Crippen molar-refractivity contribution < 1.29 is 5.11 Å². The van der Waals surface area contributed by atoms with Crippen molar-refractivity contribution in [2.45, 2.75) is 32.7 Å². The summed E-state index contributed by atoms with van der Waals surface area (Å²) in [7, 11) is 0. The van der Waals surface area contributed by atoms with Crippen molar-refractivity contribution >= 4 is 11.6 Å². The zero-order valence-electron chi connectivity index (χ0n) is 10.2. The van der Waals surface area contributed by atoms with Gasteiger partial charge in [-0.15, -0.1) is 0 Å². The molecule has 1 aromatic rings. The molecule has 2 atom stereocenters. The lowest BCUT2D eigenvalue weighted by Gasteiger charge is -2.11. The maximum Gasteiger partial charge on any atom is 0.134 e. The number of hydrogen-bond donors (Lipinski definition) is 2. The van der Waals surface area contributed by atoms with Crippen LogP contribution in [0.1, 0.15) is 31.7 Å². The fraction of sp³-hybridized carbons (Fsp3) is 0.571. The van der Waals surface area contributed by atoms with Crippen LogP contribution in [0.3, 0.4) is 0 Å². The van der Waals surface area contributed by atoms with Crippen LogP contribution in [-0.4, -0.2) is 11.7 Å². The Balaban J connectivity index is 1.76. The van der Waals surface area contributed by atoms with Gasteiger partial charge in [0, 0.05) is 6.54 Å². The topological polar surface area (TPSA) is 32.3 Å². The lowest BCUT2D eigenvalue weighted by Crippen LogP contribution is -2.20. The fourth-order valence-corrected chi connectivity index (χ4v) is 2.79. The largest absolute Gasteiger partial charge is 0.506 e. The maximum atomic E-state index is 9.32. The van der Waals surface area contributed by atoms with E-state index in [4.69, 9.17) is 11.6 Å². The van der Waals surface area contributed by atoms with Crippen LogP contribution in [0.5, 0.6) is 5.75 Å². The Morgan fingerprint density at radius 1 is 1.41 bits per heavy atom. The molecule has 0 aliphatic heterocycles. The van der Waals surface area contributed by atoms with E-state index < -0.39 is 0 Å². The zero-order valence-corrected chi connectivity index (χ0v) is 11.0. The molecule has 2 unspecified atom stereocenters. The third kappa shape index (κ3) is 3.62. The molecule has 1 saturated carbocycles. The second-order valence-electron chi connectivity index (χ2n) is 5.20. The van der Waals surface area contributed by atoms with E-state index in [1.807, 2.05) is 12.1 Å². The van der Waals surface area contributed by atoms with Crippen LogP contribution in [0.4, 0.5) is 0 Å². The molecule has 0 spiro atoms. The van der Waals surface area contributed by atoms with Crippen LogP contribution in [0.2, 0.25) is 5.02 Å². The van der Waals surface area contributed by atoms with E-state index in [2.05, 4.69) is 12.2 Å². The minimum atomic E-state index is 0.153. The number of hydrogen-bond acceptors (Lipinski definition) is 2. The van der Waals surface area contributed by atoms with E-state index >= 15 is 0 Å². The summed E-state index contributed by atoms with van der Waals surface area (Å²) >= 11 is 5.86. The highest BCUT2D eigenvalue weighted by Gasteiger charge is 2.20. The van der Waals surface area contributed by atoms with Crippen molar-refractivity contribution in [3.05, 3.63) is 28.8 Å². The molecule has 0 amide bonds. The van der Waals surface area contributed by atoms with E-state index in [1.165, 1.54) is 19.3 Å². The first-order valence-corrected chi connectivity index (χ1v) is 6.71. The summed E-state index contributed by atoms with van der Waals surface area (Å²) in [5, 5.41) is 13.2. The molecule has 2 rings (SSSR count). The Kier molecular flexibility index (Phi) is 4.30. The molecule has 2 N–H and O–H groups in total. The van der Waals surface area contributed by atoms with Gasteiger partial charge in [0.25, 0.3) is 0 Å². The van der Waals surface area contributed by atoms with Gasteiger partial charge in [-0.25, -0.2) is 0 Å². The van der Waals surface area contributed by atoms with Gasteiger partial charge in [-0.05, 0) is 48.9 Å². The molecular formula is C14H20ClNO. The van der Waals surface area contributed by atoms with Crippen molar-refractivity contribution in [3.63, 3.8) is 0 Å². The summed E-state index contributed by atoms with van der Waals surface area (Å²) in [6, 6.07) is 5.38. The van der Waals surface area contributed by atoms with Crippen LogP contribution < -0.4 is 5.32 Å². The van der Waals surface area contributed by atoms with Crippen LogP contribution in [0.15, 0.2) is 18.2 Å². The Bertz CT molecular complexity index is 380. The van der Waals surface area contributed by atoms with Gasteiger partial charge in [-0.2, -0.15) is 0 Å². The van der Waals surface area contributed by atoms with Gasteiger partial charge >= 0.3 is 0 Å². The van der Waals surface area contributed by atoms with Crippen LogP contribution in [0.25, 0.3) is 0 Å². The number of phenols is 1. The second kappa shape index (κ2) is 5.74. The van der Waals surface area contributed by atoms with Gasteiger partial charge in [-0.3, -0.25) is 0 Å². The summed E-state index contributed by atoms with van der Waals surface area (Å²) in [6.07, 6.45) is 4.07. The summed E-state index contributed by atoms with van der Waals surface area (Å²) in [4.78, 5) is 0. The smallest absolute Gasteiger partial charge is 0.134 e. The quantitative estimate of drug-likeness (QED) is 0.860. The molecule has 2 nitrogen and oxygen atoms in total. The molecule has 17 heavy (non-hydrogen) atoms. The predicted octanol–water partition coefficient (Wildman–Crippen LogP) is 3.57. The highest BCUT2D eigenvalue weighted by atomic mass is 35.5. The first-order chi connectivity index (χ1) is 8.15. The van der Waals surface area contributed by atoms with Crippen molar-refractivity contribution in [1.82, 2.24) is 5.32 Å². The Morgan fingerprint density at radius 2 is 2.24 bits per heavy atom. The highest BCUT2D eigenvalue weighted by molar-refractivity contribution is 6.32. The molecular weight excluding hydrogens is 234 g/mol. The number of rotatable bonds is 4. The average molecular weight is 254 g/mol. The number of aromatic hydroxyl groups is 1. The monoisotopic (exact) mass is 253 g/mol. The van der Waals surface area contributed by atoms with Gasteiger partial charge in [0.2, 0.25) is 0 Å². The van der Waals surface area contributed by atoms with E-state index in [1.54, 1.807) is 6.07 Å². The third-order valence-corrected chi connectivity index (χ3v) is 3.88. The predicted molar refractivity (Wildman–Crippen MR) is 71.3 cm³/mol. The van der Waals surface area contributed by atoms with E-state index in [0.717, 1.165) is 30.5 Å². The molecule has 0 saturated heterocycles. The molecule has 1 aliphatic carbocycles. The van der Waals surface area contributed by atoms with E-state index in [9.17, 15) is 5.11 Å². The molecule has 0 aromatic heterocycles. The summed E-state index contributed by atoms with van der Waals surface area (Å²) in [6.45, 7) is 4.24. The zero-order chi connectivity index (χ0) is 12.3. The number of nitrogens with one attached hydrogen (secondary N) is 1.